The van der Waals surface area contributed by atoms with Gasteiger partial charge in [-0.1, -0.05) is 64.4 Å². The lowest BCUT2D eigenvalue weighted by molar-refractivity contribution is 0.127. The maximum atomic E-state index is 5.62. The molecule has 2 heteroatoms. The number of nitrogens with one attached hydrogen (secondary N) is 1. The minimum Gasteiger partial charge on any atom is -0.381 e. The summed E-state index contributed by atoms with van der Waals surface area (Å²) in [5.41, 5.74) is 1.71. The second-order valence-corrected chi connectivity index (χ2v) is 7.00. The van der Waals surface area contributed by atoms with Crippen molar-refractivity contribution in [2.45, 2.75) is 59.4 Å². The maximum absolute atomic E-state index is 5.62. The van der Waals surface area contributed by atoms with Gasteiger partial charge in [0.2, 0.25) is 0 Å². The fourth-order valence-corrected chi connectivity index (χ4v) is 2.40. The van der Waals surface area contributed by atoms with Crippen molar-refractivity contribution in [3.63, 3.8) is 0 Å². The van der Waals surface area contributed by atoms with Gasteiger partial charge in [-0.3, -0.25) is 0 Å². The average molecular weight is 291 g/mol. The summed E-state index contributed by atoms with van der Waals surface area (Å²) in [6, 6.07) is 11.2. The standard InChI is InChI=1S/C19H33NO/c1-5-6-14-21-15-10-13-20-18(16-19(2,3)4)17-11-8-7-9-12-17/h7-9,11-12,18,20H,5-6,10,13-16H2,1-4H3. The van der Waals surface area contributed by atoms with Crippen molar-refractivity contribution in [2.24, 2.45) is 5.41 Å². The van der Waals surface area contributed by atoms with E-state index in [1.807, 2.05) is 0 Å². The molecule has 1 aromatic rings. The normalized spacial score (nSPS) is 13.3. The third-order valence-electron chi connectivity index (χ3n) is 3.52. The number of hydrogen-bond donors (Lipinski definition) is 1. The van der Waals surface area contributed by atoms with Gasteiger partial charge in [0.1, 0.15) is 0 Å². The lowest BCUT2D eigenvalue weighted by Gasteiger charge is -2.27. The van der Waals surface area contributed by atoms with Crippen LogP contribution in [0.15, 0.2) is 30.3 Å². The molecule has 0 aliphatic carbocycles. The van der Waals surface area contributed by atoms with Crippen molar-refractivity contribution >= 4 is 0 Å². The van der Waals surface area contributed by atoms with E-state index in [-0.39, 0.29) is 0 Å². The van der Waals surface area contributed by atoms with E-state index < -0.39 is 0 Å². The van der Waals surface area contributed by atoms with Crippen molar-refractivity contribution in [1.29, 1.82) is 0 Å². The highest BCUT2D eigenvalue weighted by Gasteiger charge is 2.19. The van der Waals surface area contributed by atoms with Crippen molar-refractivity contribution in [1.82, 2.24) is 5.32 Å². The first-order chi connectivity index (χ1) is 10.0. The van der Waals surface area contributed by atoms with Gasteiger partial charge in [-0.25, -0.2) is 0 Å². The van der Waals surface area contributed by atoms with Crippen LogP contribution >= 0.6 is 0 Å². The predicted octanol–water partition coefficient (Wildman–Crippen LogP) is 4.96. The third kappa shape index (κ3) is 8.90. The Labute approximate surface area is 131 Å². The van der Waals surface area contributed by atoms with E-state index in [4.69, 9.17) is 4.74 Å². The summed E-state index contributed by atoms with van der Waals surface area (Å²) in [5.74, 6) is 0. The number of rotatable bonds is 10. The number of unbranched alkanes of at least 4 members (excludes halogenated alkanes) is 1. The zero-order valence-corrected chi connectivity index (χ0v) is 14.3. The number of benzene rings is 1. The van der Waals surface area contributed by atoms with Gasteiger partial charge in [0, 0.05) is 19.3 Å². The third-order valence-corrected chi connectivity index (χ3v) is 3.52. The van der Waals surface area contributed by atoms with Crippen LogP contribution in [0.1, 0.15) is 65.0 Å². The quantitative estimate of drug-likeness (QED) is 0.615. The molecule has 0 aromatic heterocycles. The van der Waals surface area contributed by atoms with Crippen LogP contribution in [0.3, 0.4) is 0 Å². The first-order valence-corrected chi connectivity index (χ1v) is 8.39. The summed E-state index contributed by atoms with van der Waals surface area (Å²) in [6.45, 7) is 11.9. The predicted molar refractivity (Wildman–Crippen MR) is 91.6 cm³/mol. The van der Waals surface area contributed by atoms with Crippen LogP contribution in [0, 0.1) is 5.41 Å². The van der Waals surface area contributed by atoms with E-state index in [9.17, 15) is 0 Å². The second kappa shape index (κ2) is 9.97. The summed E-state index contributed by atoms with van der Waals surface area (Å²) in [4.78, 5) is 0. The lowest BCUT2D eigenvalue weighted by Crippen LogP contribution is -2.27. The Balaban J connectivity index is 2.37. The van der Waals surface area contributed by atoms with Crippen LogP contribution in [-0.2, 0) is 4.74 Å². The molecule has 1 rings (SSSR count). The molecule has 0 saturated heterocycles. The summed E-state index contributed by atoms with van der Waals surface area (Å²) in [5, 5.41) is 3.70. The Morgan fingerprint density at radius 2 is 1.71 bits per heavy atom. The molecule has 21 heavy (non-hydrogen) atoms. The largest absolute Gasteiger partial charge is 0.381 e. The van der Waals surface area contributed by atoms with Crippen LogP contribution in [0.2, 0.25) is 0 Å². The van der Waals surface area contributed by atoms with Crippen molar-refractivity contribution in [2.75, 3.05) is 19.8 Å². The smallest absolute Gasteiger partial charge is 0.0478 e. The molecule has 1 unspecified atom stereocenters. The van der Waals surface area contributed by atoms with Gasteiger partial charge >= 0.3 is 0 Å². The summed E-state index contributed by atoms with van der Waals surface area (Å²) < 4.78 is 5.62. The monoisotopic (exact) mass is 291 g/mol. The minimum atomic E-state index is 0.325. The SMILES string of the molecule is CCCCOCCCNC(CC(C)(C)C)c1ccccc1. The van der Waals surface area contributed by atoms with Crippen LogP contribution < -0.4 is 5.32 Å². The highest BCUT2D eigenvalue weighted by molar-refractivity contribution is 5.19. The molecule has 0 bridgehead atoms. The number of hydrogen-bond acceptors (Lipinski definition) is 2. The minimum absolute atomic E-state index is 0.325. The van der Waals surface area contributed by atoms with Gasteiger partial charge in [-0.15, -0.1) is 0 Å². The van der Waals surface area contributed by atoms with Gasteiger partial charge in [0.05, 0.1) is 0 Å². The number of ether oxygens (including phenoxy) is 1. The molecule has 0 aliphatic rings. The molecule has 1 atom stereocenters. The summed E-state index contributed by atoms with van der Waals surface area (Å²) >= 11 is 0. The Kier molecular flexibility index (Phi) is 8.63. The van der Waals surface area contributed by atoms with Crippen molar-refractivity contribution in [3.8, 4) is 0 Å². The van der Waals surface area contributed by atoms with E-state index in [2.05, 4.69) is 63.3 Å². The molecule has 0 heterocycles. The molecule has 0 aliphatic heterocycles. The van der Waals surface area contributed by atoms with E-state index in [0.717, 1.165) is 32.6 Å². The van der Waals surface area contributed by atoms with E-state index >= 15 is 0 Å². The molecular weight excluding hydrogens is 258 g/mol. The van der Waals surface area contributed by atoms with Crippen molar-refractivity contribution in [3.05, 3.63) is 35.9 Å². The molecule has 2 nitrogen and oxygen atoms in total. The molecular formula is C19H33NO. The van der Waals surface area contributed by atoms with Gasteiger partial charge in [0.25, 0.3) is 0 Å². The Bertz CT molecular complexity index is 356. The zero-order chi connectivity index (χ0) is 15.6. The summed E-state index contributed by atoms with van der Waals surface area (Å²) in [6.07, 6.45) is 4.61. The van der Waals surface area contributed by atoms with E-state index in [1.165, 1.54) is 18.4 Å². The van der Waals surface area contributed by atoms with Gasteiger partial charge < -0.3 is 10.1 Å². The highest BCUT2D eigenvalue weighted by Crippen LogP contribution is 2.29. The van der Waals surface area contributed by atoms with Crippen LogP contribution in [0.5, 0.6) is 0 Å². The van der Waals surface area contributed by atoms with Gasteiger partial charge in [-0.05, 0) is 36.8 Å². The molecule has 1 N–H and O–H groups in total. The second-order valence-electron chi connectivity index (χ2n) is 7.00. The molecule has 0 saturated carbocycles. The topological polar surface area (TPSA) is 21.3 Å². The summed E-state index contributed by atoms with van der Waals surface area (Å²) in [7, 11) is 0. The average Bonchev–Trinajstić information content (AvgIpc) is 2.45. The lowest BCUT2D eigenvalue weighted by atomic mass is 9.85. The Morgan fingerprint density at radius 1 is 1.05 bits per heavy atom. The molecule has 0 spiro atoms. The van der Waals surface area contributed by atoms with Gasteiger partial charge in [0.15, 0.2) is 0 Å². The first kappa shape index (κ1) is 18.2. The van der Waals surface area contributed by atoms with Crippen LogP contribution in [0.25, 0.3) is 0 Å². The fourth-order valence-electron chi connectivity index (χ4n) is 2.40. The van der Waals surface area contributed by atoms with Crippen LogP contribution in [-0.4, -0.2) is 19.8 Å². The first-order valence-electron chi connectivity index (χ1n) is 8.39. The van der Waals surface area contributed by atoms with Crippen molar-refractivity contribution < 1.29 is 4.74 Å². The van der Waals surface area contributed by atoms with Gasteiger partial charge in [-0.2, -0.15) is 0 Å². The Morgan fingerprint density at radius 3 is 2.33 bits per heavy atom. The molecule has 0 radical (unpaired) electrons. The van der Waals surface area contributed by atoms with Crippen LogP contribution in [0.4, 0.5) is 0 Å². The molecule has 0 amide bonds. The van der Waals surface area contributed by atoms with E-state index in [0.29, 0.717) is 11.5 Å². The van der Waals surface area contributed by atoms with E-state index in [1.54, 1.807) is 0 Å². The molecule has 1 aromatic carbocycles. The fraction of sp³-hybridized carbons (Fsp3) is 0.684. The zero-order valence-electron chi connectivity index (χ0n) is 14.3. The molecule has 0 fully saturated rings. The highest BCUT2D eigenvalue weighted by atomic mass is 16.5. The maximum Gasteiger partial charge on any atom is 0.0478 e. The molecule has 120 valence electrons. The Hall–Kier alpha value is -0.860.